The van der Waals surface area contributed by atoms with Crippen LogP contribution in [-0.2, 0) is 4.79 Å². The highest BCUT2D eigenvalue weighted by Gasteiger charge is 2.24. The molecule has 0 aromatic carbocycles. The summed E-state index contributed by atoms with van der Waals surface area (Å²) in [5, 5.41) is 6.22. The fraction of sp³-hybridized carbons (Fsp3) is 0.900. The Labute approximate surface area is 159 Å². The van der Waals surface area contributed by atoms with Gasteiger partial charge in [0.25, 0.3) is 0 Å². The van der Waals surface area contributed by atoms with Crippen molar-refractivity contribution in [1.29, 1.82) is 0 Å². The Hall–Kier alpha value is -1.30. The molecule has 2 aliphatic rings. The van der Waals surface area contributed by atoms with Gasteiger partial charge < -0.3 is 20.4 Å². The fourth-order valence-electron chi connectivity index (χ4n) is 4.07. The van der Waals surface area contributed by atoms with Crippen LogP contribution in [0.25, 0.3) is 0 Å². The number of rotatable bonds is 6. The molecule has 1 unspecified atom stereocenters. The van der Waals surface area contributed by atoms with Gasteiger partial charge in [0, 0.05) is 52.2 Å². The van der Waals surface area contributed by atoms with Crippen LogP contribution < -0.4 is 10.6 Å². The van der Waals surface area contributed by atoms with Crippen LogP contribution in [0.2, 0.25) is 0 Å². The summed E-state index contributed by atoms with van der Waals surface area (Å²) in [5.41, 5.74) is 0. The molecule has 0 aliphatic carbocycles. The van der Waals surface area contributed by atoms with Crippen molar-refractivity contribution in [2.75, 3.05) is 46.3 Å². The highest BCUT2D eigenvalue weighted by molar-refractivity contribution is 5.80. The molecule has 0 aromatic rings. The molecule has 6 nitrogen and oxygen atoms in total. The fourth-order valence-corrected chi connectivity index (χ4v) is 4.07. The van der Waals surface area contributed by atoms with Gasteiger partial charge in [-0.1, -0.05) is 0 Å². The second-order valence-electron chi connectivity index (χ2n) is 8.10. The normalized spacial score (nSPS) is 23.3. The molecular weight excluding hydrogens is 326 g/mol. The molecule has 150 valence electrons. The zero-order valence-corrected chi connectivity index (χ0v) is 17.3. The van der Waals surface area contributed by atoms with Crippen LogP contribution in [0.15, 0.2) is 4.99 Å². The highest BCUT2D eigenvalue weighted by atomic mass is 16.1. The van der Waals surface area contributed by atoms with Gasteiger partial charge >= 0.3 is 0 Å². The van der Waals surface area contributed by atoms with E-state index < -0.39 is 0 Å². The van der Waals surface area contributed by atoms with Crippen LogP contribution in [0.4, 0.5) is 0 Å². The Morgan fingerprint density at radius 2 is 1.88 bits per heavy atom. The molecule has 0 radical (unpaired) electrons. The lowest BCUT2D eigenvalue weighted by atomic mass is 9.93. The SMILES string of the molecule is CCNC(=NCC1CCCN(C(C)C)C1)N1CCC(CC(=O)NC)CC1. The topological polar surface area (TPSA) is 60.0 Å². The minimum Gasteiger partial charge on any atom is -0.359 e. The number of aliphatic imine (C=N–C) groups is 1. The van der Waals surface area contributed by atoms with Crippen molar-refractivity contribution in [2.24, 2.45) is 16.8 Å². The molecule has 6 heteroatoms. The maximum absolute atomic E-state index is 11.6. The van der Waals surface area contributed by atoms with Gasteiger partial charge in [0.05, 0.1) is 0 Å². The van der Waals surface area contributed by atoms with Gasteiger partial charge in [-0.05, 0) is 64.8 Å². The molecule has 0 spiro atoms. The number of nitrogens with zero attached hydrogens (tertiary/aromatic N) is 3. The van der Waals surface area contributed by atoms with Crippen LogP contribution >= 0.6 is 0 Å². The zero-order chi connectivity index (χ0) is 18.9. The maximum atomic E-state index is 11.6. The van der Waals surface area contributed by atoms with E-state index in [-0.39, 0.29) is 5.91 Å². The second kappa shape index (κ2) is 10.8. The lowest BCUT2D eigenvalue weighted by Gasteiger charge is -2.36. The zero-order valence-electron chi connectivity index (χ0n) is 17.3. The van der Waals surface area contributed by atoms with E-state index in [1.165, 1.54) is 25.9 Å². The van der Waals surface area contributed by atoms with E-state index in [0.29, 0.717) is 24.3 Å². The smallest absolute Gasteiger partial charge is 0.220 e. The minimum absolute atomic E-state index is 0.163. The van der Waals surface area contributed by atoms with Gasteiger partial charge in [0.15, 0.2) is 5.96 Å². The first-order valence-corrected chi connectivity index (χ1v) is 10.5. The van der Waals surface area contributed by atoms with Crippen molar-refractivity contribution in [2.45, 2.75) is 58.9 Å². The number of nitrogens with one attached hydrogen (secondary N) is 2. The number of carbonyl (C=O) groups excluding carboxylic acids is 1. The van der Waals surface area contributed by atoms with Crippen molar-refractivity contribution in [3.63, 3.8) is 0 Å². The molecule has 1 amide bonds. The van der Waals surface area contributed by atoms with Gasteiger partial charge in [-0.15, -0.1) is 0 Å². The quantitative estimate of drug-likeness (QED) is 0.558. The molecule has 2 rings (SSSR count). The van der Waals surface area contributed by atoms with Gasteiger partial charge in [0.1, 0.15) is 0 Å². The van der Waals surface area contributed by atoms with Gasteiger partial charge in [-0.2, -0.15) is 0 Å². The van der Waals surface area contributed by atoms with E-state index in [4.69, 9.17) is 4.99 Å². The number of carbonyl (C=O) groups is 1. The third kappa shape index (κ3) is 6.45. The maximum Gasteiger partial charge on any atom is 0.220 e. The Morgan fingerprint density at radius 3 is 2.50 bits per heavy atom. The van der Waals surface area contributed by atoms with E-state index in [9.17, 15) is 4.79 Å². The number of hydrogen-bond donors (Lipinski definition) is 2. The molecule has 1 atom stereocenters. The summed E-state index contributed by atoms with van der Waals surface area (Å²) >= 11 is 0. The lowest BCUT2D eigenvalue weighted by Crippen LogP contribution is -2.46. The molecule has 2 aliphatic heterocycles. The number of likely N-dealkylation sites (tertiary alicyclic amines) is 2. The molecular formula is C20H39N5O. The first-order chi connectivity index (χ1) is 12.5. The predicted octanol–water partition coefficient (Wildman–Crippen LogP) is 1.92. The van der Waals surface area contributed by atoms with Crippen molar-refractivity contribution >= 4 is 11.9 Å². The molecule has 0 bridgehead atoms. The first kappa shape index (κ1) is 21.0. The summed E-state index contributed by atoms with van der Waals surface area (Å²) in [4.78, 5) is 21.5. The second-order valence-corrected chi connectivity index (χ2v) is 8.10. The molecule has 2 heterocycles. The van der Waals surface area contributed by atoms with Crippen molar-refractivity contribution in [3.8, 4) is 0 Å². The van der Waals surface area contributed by atoms with Gasteiger partial charge in [-0.25, -0.2) is 0 Å². The largest absolute Gasteiger partial charge is 0.359 e. The summed E-state index contributed by atoms with van der Waals surface area (Å²) in [7, 11) is 1.72. The van der Waals surface area contributed by atoms with Crippen LogP contribution in [-0.4, -0.2) is 74.0 Å². The highest BCUT2D eigenvalue weighted by Crippen LogP contribution is 2.21. The summed E-state index contributed by atoms with van der Waals surface area (Å²) in [6, 6.07) is 0.634. The average molecular weight is 366 g/mol. The molecule has 26 heavy (non-hydrogen) atoms. The monoisotopic (exact) mass is 365 g/mol. The molecule has 2 N–H and O–H groups in total. The number of guanidine groups is 1. The standard InChI is InChI=1S/C20H39N5O/c1-5-22-20(23-14-18-7-6-10-25(15-18)16(2)3)24-11-8-17(9-12-24)13-19(26)21-4/h16-18H,5-15H2,1-4H3,(H,21,26)(H,22,23). The Morgan fingerprint density at radius 1 is 1.15 bits per heavy atom. The minimum atomic E-state index is 0.163. The average Bonchev–Trinajstić information content (AvgIpc) is 2.66. The summed E-state index contributed by atoms with van der Waals surface area (Å²) in [6.07, 6.45) is 5.38. The van der Waals surface area contributed by atoms with Crippen molar-refractivity contribution in [3.05, 3.63) is 0 Å². The summed E-state index contributed by atoms with van der Waals surface area (Å²) < 4.78 is 0. The van der Waals surface area contributed by atoms with Crippen LogP contribution in [0.1, 0.15) is 52.9 Å². The lowest BCUT2D eigenvalue weighted by molar-refractivity contribution is -0.121. The van der Waals surface area contributed by atoms with E-state index in [2.05, 4.69) is 41.2 Å². The van der Waals surface area contributed by atoms with Crippen molar-refractivity contribution in [1.82, 2.24) is 20.4 Å². The number of piperidine rings is 2. The van der Waals surface area contributed by atoms with E-state index in [1.54, 1.807) is 7.05 Å². The third-order valence-electron chi connectivity index (χ3n) is 5.78. The van der Waals surface area contributed by atoms with Crippen LogP contribution in [0.3, 0.4) is 0 Å². The summed E-state index contributed by atoms with van der Waals surface area (Å²) in [6.45, 7) is 12.9. The van der Waals surface area contributed by atoms with Gasteiger partial charge in [0.2, 0.25) is 5.91 Å². The number of amides is 1. The number of hydrogen-bond acceptors (Lipinski definition) is 3. The third-order valence-corrected chi connectivity index (χ3v) is 5.78. The molecule has 2 saturated heterocycles. The van der Waals surface area contributed by atoms with Gasteiger partial charge in [-0.3, -0.25) is 9.79 Å². The molecule has 2 fully saturated rings. The molecule has 0 saturated carbocycles. The van der Waals surface area contributed by atoms with Crippen LogP contribution in [0.5, 0.6) is 0 Å². The first-order valence-electron chi connectivity index (χ1n) is 10.5. The van der Waals surface area contributed by atoms with E-state index in [1.807, 2.05) is 0 Å². The van der Waals surface area contributed by atoms with E-state index in [0.717, 1.165) is 45.0 Å². The Balaban J connectivity index is 1.86. The Kier molecular flexibility index (Phi) is 8.69. The van der Waals surface area contributed by atoms with E-state index >= 15 is 0 Å². The molecule has 0 aromatic heterocycles. The van der Waals surface area contributed by atoms with Crippen LogP contribution in [0, 0.1) is 11.8 Å². The summed E-state index contributed by atoms with van der Waals surface area (Å²) in [5.74, 6) is 2.40. The predicted molar refractivity (Wildman–Crippen MR) is 108 cm³/mol. The van der Waals surface area contributed by atoms with Crippen molar-refractivity contribution < 1.29 is 4.79 Å². The Bertz CT molecular complexity index is 457.